The Bertz CT molecular complexity index is 634. The number of amides is 2. The quantitative estimate of drug-likeness (QED) is 0.846. The van der Waals surface area contributed by atoms with Crippen molar-refractivity contribution in [2.24, 2.45) is 0 Å². The van der Waals surface area contributed by atoms with Crippen LogP contribution in [0.2, 0.25) is 0 Å². The zero-order valence-corrected chi connectivity index (χ0v) is 16.4. The van der Waals surface area contributed by atoms with Crippen molar-refractivity contribution in [3.8, 4) is 0 Å². The molecule has 7 nitrogen and oxygen atoms in total. The van der Waals surface area contributed by atoms with E-state index in [0.29, 0.717) is 11.5 Å². The normalized spacial score (nSPS) is 11.8. The first-order chi connectivity index (χ1) is 11.2. The van der Waals surface area contributed by atoms with Gasteiger partial charge in [0, 0.05) is 11.2 Å². The molecule has 25 heavy (non-hydrogen) atoms. The number of aromatic nitrogens is 1. The number of hydrogen-bond acceptors (Lipinski definition) is 4. The third kappa shape index (κ3) is 6.25. The first kappa shape index (κ1) is 20.7. The smallest absolute Gasteiger partial charge is 0.413 e. The predicted molar refractivity (Wildman–Crippen MR) is 96.9 cm³/mol. The molecule has 0 saturated heterocycles. The van der Waals surface area contributed by atoms with E-state index < -0.39 is 23.3 Å². The average molecular weight is 351 g/mol. The molecule has 0 radical (unpaired) electrons. The minimum atomic E-state index is -0.984. The third-order valence-electron chi connectivity index (χ3n) is 3.54. The van der Waals surface area contributed by atoms with Crippen LogP contribution in [0.15, 0.2) is 6.07 Å². The SMILES string of the molecule is Cc1cc(NC(=O)OC(C)(C)C)nc(C)c1CN(C(=O)O)C(C)(C)C. The molecule has 0 aliphatic heterocycles. The summed E-state index contributed by atoms with van der Waals surface area (Å²) in [7, 11) is 0. The Labute approximate surface area is 149 Å². The number of hydrogen-bond donors (Lipinski definition) is 2. The van der Waals surface area contributed by atoms with Crippen molar-refractivity contribution in [1.29, 1.82) is 0 Å². The highest BCUT2D eigenvalue weighted by molar-refractivity contribution is 5.83. The van der Waals surface area contributed by atoms with Gasteiger partial charge in [0.2, 0.25) is 0 Å². The van der Waals surface area contributed by atoms with Crippen molar-refractivity contribution < 1.29 is 19.4 Å². The van der Waals surface area contributed by atoms with Gasteiger partial charge >= 0.3 is 12.2 Å². The van der Waals surface area contributed by atoms with Gasteiger partial charge in [-0.2, -0.15) is 0 Å². The lowest BCUT2D eigenvalue weighted by atomic mass is 10.0. The largest absolute Gasteiger partial charge is 0.465 e. The number of rotatable bonds is 3. The van der Waals surface area contributed by atoms with E-state index in [4.69, 9.17) is 4.74 Å². The van der Waals surface area contributed by atoms with Gasteiger partial charge in [-0.25, -0.2) is 14.6 Å². The van der Waals surface area contributed by atoms with Crippen molar-refractivity contribution in [1.82, 2.24) is 9.88 Å². The van der Waals surface area contributed by atoms with Crippen molar-refractivity contribution >= 4 is 18.0 Å². The Kier molecular flexibility index (Phi) is 6.05. The van der Waals surface area contributed by atoms with Crippen molar-refractivity contribution in [3.05, 3.63) is 22.9 Å². The molecule has 2 N–H and O–H groups in total. The summed E-state index contributed by atoms with van der Waals surface area (Å²) in [6.07, 6.45) is -1.56. The van der Waals surface area contributed by atoms with Gasteiger partial charge in [-0.15, -0.1) is 0 Å². The van der Waals surface area contributed by atoms with Crippen LogP contribution in [-0.4, -0.2) is 38.3 Å². The molecule has 0 aliphatic rings. The Morgan fingerprint density at radius 1 is 1.20 bits per heavy atom. The minimum Gasteiger partial charge on any atom is -0.465 e. The highest BCUT2D eigenvalue weighted by atomic mass is 16.6. The van der Waals surface area contributed by atoms with E-state index in [1.54, 1.807) is 33.8 Å². The number of carbonyl (C=O) groups excluding carboxylic acids is 1. The first-order valence-electron chi connectivity index (χ1n) is 8.18. The number of carbonyl (C=O) groups is 2. The van der Waals surface area contributed by atoms with Gasteiger partial charge in [0.05, 0.1) is 6.54 Å². The van der Waals surface area contributed by atoms with Crippen LogP contribution < -0.4 is 5.32 Å². The Morgan fingerprint density at radius 2 is 1.76 bits per heavy atom. The molecule has 1 rings (SSSR count). The average Bonchev–Trinajstić information content (AvgIpc) is 2.32. The second kappa shape index (κ2) is 7.29. The molecular formula is C18H29N3O4. The Hall–Kier alpha value is -2.31. The molecule has 0 atom stereocenters. The fourth-order valence-electron chi connectivity index (χ4n) is 2.32. The highest BCUT2D eigenvalue weighted by Gasteiger charge is 2.27. The molecule has 7 heteroatoms. The number of nitrogens with one attached hydrogen (secondary N) is 1. The van der Waals surface area contributed by atoms with Crippen LogP contribution in [-0.2, 0) is 11.3 Å². The van der Waals surface area contributed by atoms with E-state index in [1.807, 2.05) is 27.7 Å². The molecule has 2 amide bonds. The Balaban J connectivity index is 3.03. The summed E-state index contributed by atoms with van der Waals surface area (Å²) in [6, 6.07) is 1.72. The molecule has 0 saturated carbocycles. The standard InChI is InChI=1S/C18H29N3O4/c1-11-9-14(20-15(22)25-18(6,7)8)19-12(2)13(11)10-21(16(23)24)17(3,4)5/h9H,10H2,1-8H3,(H,23,24)(H,19,20,22). The minimum absolute atomic E-state index is 0.232. The second-order valence-corrected chi connectivity index (χ2v) is 8.05. The summed E-state index contributed by atoms with van der Waals surface area (Å²) < 4.78 is 5.22. The maximum Gasteiger partial charge on any atom is 0.413 e. The summed E-state index contributed by atoms with van der Waals surface area (Å²) >= 11 is 0. The summed E-state index contributed by atoms with van der Waals surface area (Å²) in [5, 5.41) is 12.1. The molecule has 0 unspecified atom stereocenters. The summed E-state index contributed by atoms with van der Waals surface area (Å²) in [6.45, 7) is 14.8. The van der Waals surface area contributed by atoms with Crippen molar-refractivity contribution in [3.63, 3.8) is 0 Å². The van der Waals surface area contributed by atoms with E-state index in [-0.39, 0.29) is 6.54 Å². The van der Waals surface area contributed by atoms with Crippen LogP contribution in [0, 0.1) is 13.8 Å². The van der Waals surface area contributed by atoms with Crippen LogP contribution in [0.1, 0.15) is 58.4 Å². The summed E-state index contributed by atoms with van der Waals surface area (Å²) in [5.41, 5.74) is 1.23. The molecule has 0 spiro atoms. The molecule has 1 heterocycles. The van der Waals surface area contributed by atoms with Crippen molar-refractivity contribution in [2.45, 2.75) is 73.1 Å². The maximum absolute atomic E-state index is 11.9. The predicted octanol–water partition coefficient (Wildman–Crippen LogP) is 4.32. The maximum atomic E-state index is 11.9. The van der Waals surface area contributed by atoms with Crippen LogP contribution in [0.4, 0.5) is 15.4 Å². The second-order valence-electron chi connectivity index (χ2n) is 8.05. The molecule has 1 aromatic rings. The topological polar surface area (TPSA) is 91.8 Å². The lowest BCUT2D eigenvalue weighted by Gasteiger charge is -2.34. The number of nitrogens with zero attached hydrogens (tertiary/aromatic N) is 2. The molecule has 0 fully saturated rings. The van der Waals surface area contributed by atoms with E-state index in [1.165, 1.54) is 4.90 Å². The zero-order chi connectivity index (χ0) is 19.6. The molecular weight excluding hydrogens is 322 g/mol. The zero-order valence-electron chi connectivity index (χ0n) is 16.4. The van der Waals surface area contributed by atoms with Gasteiger partial charge in [0.15, 0.2) is 0 Å². The molecule has 0 aromatic carbocycles. The molecule has 1 aromatic heterocycles. The van der Waals surface area contributed by atoms with Crippen molar-refractivity contribution in [2.75, 3.05) is 5.32 Å². The lowest BCUT2D eigenvalue weighted by Crippen LogP contribution is -2.44. The number of anilines is 1. The van der Waals surface area contributed by atoms with E-state index in [9.17, 15) is 14.7 Å². The highest BCUT2D eigenvalue weighted by Crippen LogP contribution is 2.23. The number of ether oxygens (including phenoxy) is 1. The van der Waals surface area contributed by atoms with E-state index in [2.05, 4.69) is 10.3 Å². The van der Waals surface area contributed by atoms with E-state index >= 15 is 0 Å². The molecule has 0 aliphatic carbocycles. The van der Waals surface area contributed by atoms with Gasteiger partial charge < -0.3 is 9.84 Å². The molecule has 0 bridgehead atoms. The summed E-state index contributed by atoms with van der Waals surface area (Å²) in [5.74, 6) is 0.380. The Morgan fingerprint density at radius 3 is 2.16 bits per heavy atom. The fraction of sp³-hybridized carbons (Fsp3) is 0.611. The number of carboxylic acid groups (broad SMARTS) is 1. The van der Waals surface area contributed by atoms with Crippen LogP contribution >= 0.6 is 0 Å². The van der Waals surface area contributed by atoms with Crippen LogP contribution in [0.3, 0.4) is 0 Å². The first-order valence-corrected chi connectivity index (χ1v) is 8.18. The van der Waals surface area contributed by atoms with Crippen LogP contribution in [0.5, 0.6) is 0 Å². The number of aryl methyl sites for hydroxylation is 2. The third-order valence-corrected chi connectivity index (χ3v) is 3.54. The van der Waals surface area contributed by atoms with Gasteiger partial charge in [0.1, 0.15) is 11.4 Å². The van der Waals surface area contributed by atoms with E-state index in [0.717, 1.165) is 11.1 Å². The van der Waals surface area contributed by atoms with Gasteiger partial charge in [-0.1, -0.05) is 0 Å². The van der Waals surface area contributed by atoms with Crippen LogP contribution in [0.25, 0.3) is 0 Å². The fourth-order valence-corrected chi connectivity index (χ4v) is 2.32. The lowest BCUT2D eigenvalue weighted by molar-refractivity contribution is 0.0635. The monoisotopic (exact) mass is 351 g/mol. The van der Waals surface area contributed by atoms with Gasteiger partial charge in [-0.05, 0) is 72.6 Å². The summed E-state index contributed by atoms with van der Waals surface area (Å²) in [4.78, 5) is 29.2. The van der Waals surface area contributed by atoms with Gasteiger partial charge in [0.25, 0.3) is 0 Å². The molecule has 140 valence electrons. The van der Waals surface area contributed by atoms with Gasteiger partial charge in [-0.3, -0.25) is 10.2 Å². The number of pyridine rings is 1.